The van der Waals surface area contributed by atoms with Crippen LogP contribution >= 0.6 is 0 Å². The molecular formula is C20H16FNO3. The van der Waals surface area contributed by atoms with Crippen LogP contribution in [0.3, 0.4) is 0 Å². The lowest BCUT2D eigenvalue weighted by atomic mass is 10.1. The lowest BCUT2D eigenvalue weighted by molar-refractivity contribution is -0.140. The molecule has 5 heteroatoms. The van der Waals surface area contributed by atoms with Crippen molar-refractivity contribution < 1.29 is 18.7 Å². The van der Waals surface area contributed by atoms with Gasteiger partial charge in [0.2, 0.25) is 5.78 Å². The SMILES string of the molecule is CC(OC(=O)/C=C/c1ccccc1F)C(=O)c1c[nH]c2ccccc12. The number of para-hydroxylation sites is 1. The van der Waals surface area contributed by atoms with Gasteiger partial charge in [-0.05, 0) is 25.1 Å². The lowest BCUT2D eigenvalue weighted by Gasteiger charge is -2.10. The van der Waals surface area contributed by atoms with E-state index in [1.807, 2.05) is 24.3 Å². The Hall–Kier alpha value is -3.21. The number of ketones is 1. The minimum atomic E-state index is -0.947. The van der Waals surface area contributed by atoms with Crippen molar-refractivity contribution in [2.45, 2.75) is 13.0 Å². The number of esters is 1. The molecule has 3 rings (SSSR count). The first-order valence-corrected chi connectivity index (χ1v) is 7.80. The summed E-state index contributed by atoms with van der Waals surface area (Å²) in [5, 5.41) is 0.775. The summed E-state index contributed by atoms with van der Waals surface area (Å²) in [6.45, 7) is 1.51. The molecule has 1 aromatic heterocycles. The molecule has 4 nitrogen and oxygen atoms in total. The van der Waals surface area contributed by atoms with E-state index in [0.29, 0.717) is 5.56 Å². The third-order valence-electron chi connectivity index (χ3n) is 3.82. The average Bonchev–Trinajstić information content (AvgIpc) is 3.04. The monoisotopic (exact) mass is 337 g/mol. The van der Waals surface area contributed by atoms with Gasteiger partial charge in [-0.25, -0.2) is 9.18 Å². The minimum absolute atomic E-state index is 0.273. The molecule has 0 aliphatic heterocycles. The van der Waals surface area contributed by atoms with Crippen LogP contribution in [0.2, 0.25) is 0 Å². The van der Waals surface area contributed by atoms with Gasteiger partial charge in [0.1, 0.15) is 5.82 Å². The Kier molecular flexibility index (Phi) is 4.75. The predicted molar refractivity (Wildman–Crippen MR) is 93.6 cm³/mol. The number of hydrogen-bond acceptors (Lipinski definition) is 3. The molecule has 0 saturated heterocycles. The van der Waals surface area contributed by atoms with Crippen LogP contribution in [0, 0.1) is 5.82 Å². The van der Waals surface area contributed by atoms with Crippen molar-refractivity contribution >= 4 is 28.7 Å². The number of aromatic amines is 1. The van der Waals surface area contributed by atoms with Crippen LogP contribution in [0.4, 0.5) is 4.39 Å². The number of benzene rings is 2. The zero-order chi connectivity index (χ0) is 17.8. The Morgan fingerprint density at radius 3 is 2.64 bits per heavy atom. The minimum Gasteiger partial charge on any atom is -0.451 e. The number of H-pyrrole nitrogens is 1. The van der Waals surface area contributed by atoms with Crippen molar-refractivity contribution in [3.63, 3.8) is 0 Å². The van der Waals surface area contributed by atoms with Crippen LogP contribution in [0.1, 0.15) is 22.8 Å². The number of Topliss-reactive ketones (excluding diaryl/α,β-unsaturated/α-hetero) is 1. The largest absolute Gasteiger partial charge is 0.451 e. The first kappa shape index (κ1) is 16.6. The molecule has 1 N–H and O–H groups in total. The summed E-state index contributed by atoms with van der Waals surface area (Å²) >= 11 is 0. The lowest BCUT2D eigenvalue weighted by Crippen LogP contribution is -2.23. The van der Waals surface area contributed by atoms with Gasteiger partial charge in [0.15, 0.2) is 6.10 Å². The smallest absolute Gasteiger partial charge is 0.331 e. The molecule has 1 atom stereocenters. The van der Waals surface area contributed by atoms with Crippen molar-refractivity contribution in [3.8, 4) is 0 Å². The summed E-state index contributed by atoms with van der Waals surface area (Å²) in [6.07, 6.45) is 3.08. The Morgan fingerprint density at radius 2 is 1.84 bits per heavy atom. The standard InChI is InChI=1S/C20H16FNO3/c1-13(20(24)16-12-22-18-9-5-3-7-15(16)18)25-19(23)11-10-14-6-2-4-8-17(14)21/h2-13,22H,1H3/b11-10+. The summed E-state index contributed by atoms with van der Waals surface area (Å²) in [6, 6.07) is 13.5. The summed E-state index contributed by atoms with van der Waals surface area (Å²) in [5.41, 5.74) is 1.58. The first-order chi connectivity index (χ1) is 12.1. The van der Waals surface area contributed by atoms with Crippen LogP contribution < -0.4 is 0 Å². The molecule has 0 amide bonds. The second-order valence-electron chi connectivity index (χ2n) is 5.55. The zero-order valence-corrected chi connectivity index (χ0v) is 13.5. The van der Waals surface area contributed by atoms with Gasteiger partial charge in [0.05, 0.1) is 0 Å². The second-order valence-corrected chi connectivity index (χ2v) is 5.55. The normalized spacial score (nSPS) is 12.4. The molecule has 25 heavy (non-hydrogen) atoms. The molecule has 0 fully saturated rings. The van der Waals surface area contributed by atoms with Gasteiger partial charge >= 0.3 is 5.97 Å². The quantitative estimate of drug-likeness (QED) is 0.432. The van der Waals surface area contributed by atoms with Crippen LogP contribution in [0.15, 0.2) is 60.8 Å². The average molecular weight is 337 g/mol. The number of nitrogens with one attached hydrogen (secondary N) is 1. The summed E-state index contributed by atoms with van der Waals surface area (Å²) in [4.78, 5) is 27.4. The Balaban J connectivity index is 1.69. The molecule has 1 heterocycles. The maximum Gasteiger partial charge on any atom is 0.331 e. The van der Waals surface area contributed by atoms with Gasteiger partial charge in [-0.2, -0.15) is 0 Å². The van der Waals surface area contributed by atoms with Crippen LogP contribution in [-0.4, -0.2) is 22.8 Å². The Bertz CT molecular complexity index is 958. The maximum atomic E-state index is 13.5. The van der Waals surface area contributed by atoms with Crippen LogP contribution in [0.5, 0.6) is 0 Å². The summed E-state index contributed by atoms with van der Waals surface area (Å²) < 4.78 is 18.6. The maximum absolute atomic E-state index is 13.5. The van der Waals surface area contributed by atoms with E-state index >= 15 is 0 Å². The molecule has 0 aliphatic carbocycles. The molecule has 3 aromatic rings. The molecule has 1 unspecified atom stereocenters. The number of carbonyl (C=O) groups is 2. The fraction of sp³-hybridized carbons (Fsp3) is 0.100. The highest BCUT2D eigenvalue weighted by molar-refractivity contribution is 6.10. The number of fused-ring (bicyclic) bond motifs is 1. The highest BCUT2D eigenvalue weighted by atomic mass is 19.1. The van der Waals surface area contributed by atoms with Gasteiger partial charge in [-0.15, -0.1) is 0 Å². The van der Waals surface area contributed by atoms with Gasteiger partial charge in [-0.1, -0.05) is 36.4 Å². The molecule has 0 bridgehead atoms. The molecule has 0 saturated carbocycles. The molecular weight excluding hydrogens is 321 g/mol. The van der Waals surface area contributed by atoms with E-state index in [1.165, 1.54) is 19.1 Å². The summed E-state index contributed by atoms with van der Waals surface area (Å²) in [7, 11) is 0. The molecule has 2 aromatic carbocycles. The van der Waals surface area contributed by atoms with E-state index in [0.717, 1.165) is 17.0 Å². The van der Waals surface area contributed by atoms with Gasteiger partial charge in [0.25, 0.3) is 0 Å². The molecule has 0 radical (unpaired) electrons. The van der Waals surface area contributed by atoms with Crippen LogP contribution in [0.25, 0.3) is 17.0 Å². The predicted octanol–water partition coefficient (Wildman–Crippen LogP) is 4.13. The van der Waals surface area contributed by atoms with Crippen molar-refractivity contribution in [2.75, 3.05) is 0 Å². The number of aromatic nitrogens is 1. The fourth-order valence-corrected chi connectivity index (χ4v) is 2.53. The van der Waals surface area contributed by atoms with Crippen molar-refractivity contribution in [3.05, 3.63) is 77.7 Å². The number of rotatable bonds is 5. The van der Waals surface area contributed by atoms with E-state index in [4.69, 9.17) is 4.74 Å². The number of halogens is 1. The number of carbonyl (C=O) groups excluding carboxylic acids is 2. The topological polar surface area (TPSA) is 59.2 Å². The Labute approximate surface area is 143 Å². The first-order valence-electron chi connectivity index (χ1n) is 7.80. The molecule has 0 spiro atoms. The van der Waals surface area contributed by atoms with Gasteiger partial charge in [-0.3, -0.25) is 4.79 Å². The Morgan fingerprint density at radius 1 is 1.12 bits per heavy atom. The van der Waals surface area contributed by atoms with E-state index in [2.05, 4.69) is 4.98 Å². The molecule has 0 aliphatic rings. The van der Waals surface area contributed by atoms with Crippen molar-refractivity contribution in [2.24, 2.45) is 0 Å². The highest BCUT2D eigenvalue weighted by Crippen LogP contribution is 2.20. The van der Waals surface area contributed by atoms with Crippen molar-refractivity contribution in [1.29, 1.82) is 0 Å². The van der Waals surface area contributed by atoms with E-state index in [9.17, 15) is 14.0 Å². The van der Waals surface area contributed by atoms with E-state index < -0.39 is 17.9 Å². The second kappa shape index (κ2) is 7.13. The number of ether oxygens (including phenoxy) is 1. The number of hydrogen-bond donors (Lipinski definition) is 1. The van der Waals surface area contributed by atoms with Gasteiger partial charge < -0.3 is 9.72 Å². The van der Waals surface area contributed by atoms with E-state index in [-0.39, 0.29) is 11.3 Å². The molecule has 126 valence electrons. The summed E-state index contributed by atoms with van der Waals surface area (Å²) in [5.74, 6) is -1.44. The fourth-order valence-electron chi connectivity index (χ4n) is 2.53. The third-order valence-corrected chi connectivity index (χ3v) is 3.82. The third kappa shape index (κ3) is 3.66. The zero-order valence-electron chi connectivity index (χ0n) is 13.5. The van der Waals surface area contributed by atoms with Crippen molar-refractivity contribution in [1.82, 2.24) is 4.98 Å². The highest BCUT2D eigenvalue weighted by Gasteiger charge is 2.21. The van der Waals surface area contributed by atoms with E-state index in [1.54, 1.807) is 24.4 Å². The van der Waals surface area contributed by atoms with Crippen LogP contribution in [-0.2, 0) is 9.53 Å². The van der Waals surface area contributed by atoms with Gasteiger partial charge in [0, 0.05) is 34.3 Å².